The van der Waals surface area contributed by atoms with Crippen molar-refractivity contribution >= 4 is 34.4 Å². The molecule has 0 radical (unpaired) electrons. The lowest BCUT2D eigenvalue weighted by atomic mass is 10.1. The Labute approximate surface area is 159 Å². The third kappa shape index (κ3) is 3.15. The maximum absolute atomic E-state index is 2.34. The molecule has 0 saturated carbocycles. The fraction of sp³-hybridized carbons (Fsp3) is 0.174. The SMILES string of the molecule is CCC[n+]1ccc(/C=C/C=C2\Sc3ccccc3N2C)c2ccccc21. The van der Waals surface area contributed by atoms with Crippen LogP contribution in [0, 0.1) is 0 Å². The molecule has 3 heteroatoms. The average Bonchev–Trinajstić information content (AvgIpc) is 3.00. The summed E-state index contributed by atoms with van der Waals surface area (Å²) in [5.41, 5.74) is 3.83. The summed E-state index contributed by atoms with van der Waals surface area (Å²) in [5, 5.41) is 2.55. The summed E-state index contributed by atoms with van der Waals surface area (Å²) in [6.07, 6.45) is 9.91. The Kier molecular flexibility index (Phi) is 4.81. The molecule has 0 spiro atoms. The van der Waals surface area contributed by atoms with Gasteiger partial charge in [-0.25, -0.2) is 0 Å². The lowest BCUT2D eigenvalue weighted by Crippen LogP contribution is -2.33. The fourth-order valence-electron chi connectivity index (χ4n) is 3.39. The van der Waals surface area contributed by atoms with Crippen molar-refractivity contribution in [2.75, 3.05) is 11.9 Å². The van der Waals surface area contributed by atoms with Gasteiger partial charge in [-0.05, 0) is 29.8 Å². The van der Waals surface area contributed by atoms with Crippen LogP contribution in [0.3, 0.4) is 0 Å². The summed E-state index contributed by atoms with van der Waals surface area (Å²) in [5.74, 6) is 0. The first-order valence-corrected chi connectivity index (χ1v) is 9.90. The first-order valence-electron chi connectivity index (χ1n) is 9.08. The Bertz CT molecular complexity index is 1000. The van der Waals surface area contributed by atoms with Gasteiger partial charge in [-0.2, -0.15) is 4.57 Å². The molecule has 3 aromatic rings. The summed E-state index contributed by atoms with van der Waals surface area (Å²) in [6.45, 7) is 3.27. The predicted molar refractivity (Wildman–Crippen MR) is 112 cm³/mol. The topological polar surface area (TPSA) is 7.12 Å². The molecule has 0 amide bonds. The van der Waals surface area contributed by atoms with Crippen molar-refractivity contribution in [1.82, 2.24) is 0 Å². The number of benzene rings is 2. The Morgan fingerprint density at radius 1 is 1.04 bits per heavy atom. The molecule has 1 aliphatic heterocycles. The minimum absolute atomic E-state index is 1.05. The number of pyridine rings is 1. The minimum atomic E-state index is 1.05. The summed E-state index contributed by atoms with van der Waals surface area (Å²) in [4.78, 5) is 3.57. The zero-order valence-corrected chi connectivity index (χ0v) is 16.0. The third-order valence-corrected chi connectivity index (χ3v) is 5.89. The Hall–Kier alpha value is -2.52. The van der Waals surface area contributed by atoms with E-state index in [0.717, 1.165) is 13.0 Å². The minimum Gasteiger partial charge on any atom is -0.338 e. The van der Waals surface area contributed by atoms with Crippen LogP contribution >= 0.6 is 11.8 Å². The predicted octanol–water partition coefficient (Wildman–Crippen LogP) is 5.63. The molecule has 0 bridgehead atoms. The van der Waals surface area contributed by atoms with Gasteiger partial charge in [-0.1, -0.05) is 55.1 Å². The van der Waals surface area contributed by atoms with Gasteiger partial charge < -0.3 is 4.90 Å². The number of hydrogen-bond donors (Lipinski definition) is 0. The third-order valence-electron chi connectivity index (χ3n) is 4.71. The molecule has 0 aliphatic carbocycles. The number of allylic oxidation sites excluding steroid dienone is 2. The van der Waals surface area contributed by atoms with Gasteiger partial charge in [0.1, 0.15) is 6.54 Å². The van der Waals surface area contributed by atoms with Crippen LogP contribution in [-0.4, -0.2) is 7.05 Å². The molecular formula is C23H23N2S+. The van der Waals surface area contributed by atoms with Crippen molar-refractivity contribution in [2.45, 2.75) is 24.8 Å². The van der Waals surface area contributed by atoms with E-state index in [4.69, 9.17) is 0 Å². The van der Waals surface area contributed by atoms with Crippen LogP contribution in [0.1, 0.15) is 18.9 Å². The molecule has 1 aromatic heterocycles. The molecule has 2 nitrogen and oxygen atoms in total. The molecule has 0 unspecified atom stereocenters. The van der Waals surface area contributed by atoms with E-state index in [1.807, 2.05) is 11.8 Å². The maximum Gasteiger partial charge on any atom is 0.213 e. The lowest BCUT2D eigenvalue weighted by Gasteiger charge is -2.12. The van der Waals surface area contributed by atoms with Gasteiger partial charge in [0.15, 0.2) is 6.20 Å². The first kappa shape index (κ1) is 16.9. The molecule has 0 N–H and O–H groups in total. The van der Waals surface area contributed by atoms with E-state index < -0.39 is 0 Å². The molecule has 0 saturated heterocycles. The van der Waals surface area contributed by atoms with Crippen molar-refractivity contribution in [2.24, 2.45) is 0 Å². The van der Waals surface area contributed by atoms with Gasteiger partial charge in [-0.15, -0.1) is 0 Å². The van der Waals surface area contributed by atoms with Gasteiger partial charge in [0.25, 0.3) is 0 Å². The van der Waals surface area contributed by atoms with Crippen LogP contribution in [0.4, 0.5) is 5.69 Å². The lowest BCUT2D eigenvalue weighted by molar-refractivity contribution is -0.671. The van der Waals surface area contributed by atoms with E-state index in [0.29, 0.717) is 0 Å². The van der Waals surface area contributed by atoms with E-state index in [2.05, 4.69) is 102 Å². The van der Waals surface area contributed by atoms with Crippen molar-refractivity contribution in [3.05, 3.63) is 83.5 Å². The maximum atomic E-state index is 2.34. The second-order valence-corrected chi connectivity index (χ2v) is 7.54. The molecule has 4 rings (SSSR count). The van der Waals surface area contributed by atoms with Gasteiger partial charge in [0.05, 0.1) is 16.1 Å². The smallest absolute Gasteiger partial charge is 0.213 e. The molecule has 1 aliphatic rings. The molecule has 2 heterocycles. The Morgan fingerprint density at radius 3 is 2.69 bits per heavy atom. The highest BCUT2D eigenvalue weighted by atomic mass is 32.2. The second kappa shape index (κ2) is 7.38. The van der Waals surface area contributed by atoms with Crippen molar-refractivity contribution in [3.63, 3.8) is 0 Å². The first-order chi connectivity index (χ1) is 12.8. The number of anilines is 1. The highest BCUT2D eigenvalue weighted by molar-refractivity contribution is 8.03. The normalized spacial score (nSPS) is 15.3. The number of hydrogen-bond acceptors (Lipinski definition) is 2. The number of fused-ring (bicyclic) bond motifs is 2. The highest BCUT2D eigenvalue weighted by Crippen LogP contribution is 2.44. The largest absolute Gasteiger partial charge is 0.338 e. The number of nitrogens with zero attached hydrogens (tertiary/aromatic N) is 2. The van der Waals surface area contributed by atoms with E-state index in [1.54, 1.807) is 0 Å². The second-order valence-electron chi connectivity index (χ2n) is 6.47. The number of rotatable bonds is 4. The van der Waals surface area contributed by atoms with Crippen molar-refractivity contribution in [1.29, 1.82) is 0 Å². The Balaban J connectivity index is 1.63. The fourth-order valence-corrected chi connectivity index (χ4v) is 4.45. The van der Waals surface area contributed by atoms with E-state index in [1.165, 1.54) is 32.1 Å². The molecule has 0 fully saturated rings. The molecular weight excluding hydrogens is 336 g/mol. The summed E-state index contributed by atoms with van der Waals surface area (Å²) in [7, 11) is 2.13. The van der Waals surface area contributed by atoms with Gasteiger partial charge in [-0.3, -0.25) is 0 Å². The number of aryl methyl sites for hydroxylation is 1. The van der Waals surface area contributed by atoms with Crippen molar-refractivity contribution in [3.8, 4) is 0 Å². The average molecular weight is 360 g/mol. The number of thioether (sulfide) groups is 1. The quantitative estimate of drug-likeness (QED) is 0.557. The van der Waals surface area contributed by atoms with Crippen LogP contribution in [-0.2, 0) is 6.54 Å². The van der Waals surface area contributed by atoms with Gasteiger partial charge in [0, 0.05) is 30.5 Å². The molecule has 130 valence electrons. The summed E-state index contributed by atoms with van der Waals surface area (Å²) < 4.78 is 2.34. The highest BCUT2D eigenvalue weighted by Gasteiger charge is 2.20. The van der Waals surface area contributed by atoms with E-state index in [9.17, 15) is 0 Å². The standard InChI is InChI=1S/C23H23N2S/c1-3-16-25-17-15-18(19-10-4-5-11-20(19)25)9-8-14-23-24(2)21-12-6-7-13-22(21)26-23/h4-15,17H,3,16H2,1-2H3/q+1. The summed E-state index contributed by atoms with van der Waals surface area (Å²) in [6, 6.07) is 19.4. The zero-order valence-electron chi connectivity index (χ0n) is 15.2. The number of aromatic nitrogens is 1. The van der Waals surface area contributed by atoms with Gasteiger partial charge >= 0.3 is 0 Å². The monoisotopic (exact) mass is 359 g/mol. The molecule has 2 aromatic carbocycles. The van der Waals surface area contributed by atoms with Crippen LogP contribution in [0.5, 0.6) is 0 Å². The Morgan fingerprint density at radius 2 is 1.85 bits per heavy atom. The summed E-state index contributed by atoms with van der Waals surface area (Å²) >= 11 is 1.82. The number of para-hydroxylation sites is 2. The van der Waals surface area contributed by atoms with E-state index >= 15 is 0 Å². The van der Waals surface area contributed by atoms with Crippen LogP contribution in [0.15, 0.2) is 82.9 Å². The van der Waals surface area contributed by atoms with Crippen LogP contribution in [0.25, 0.3) is 17.0 Å². The van der Waals surface area contributed by atoms with Gasteiger partial charge in [0.2, 0.25) is 5.52 Å². The zero-order chi connectivity index (χ0) is 17.9. The van der Waals surface area contributed by atoms with Crippen molar-refractivity contribution < 1.29 is 4.57 Å². The van der Waals surface area contributed by atoms with Crippen LogP contribution in [0.2, 0.25) is 0 Å². The molecule has 26 heavy (non-hydrogen) atoms. The molecule has 0 atom stereocenters. The van der Waals surface area contributed by atoms with Crippen LogP contribution < -0.4 is 9.47 Å². The van der Waals surface area contributed by atoms with E-state index in [-0.39, 0.29) is 0 Å².